The van der Waals surface area contributed by atoms with Gasteiger partial charge in [0.1, 0.15) is 0 Å². The zero-order valence-electron chi connectivity index (χ0n) is 46.0. The summed E-state index contributed by atoms with van der Waals surface area (Å²) in [7, 11) is 0. The van der Waals surface area contributed by atoms with Crippen molar-refractivity contribution in [2.45, 2.75) is 0 Å². The van der Waals surface area contributed by atoms with Crippen LogP contribution in [0.5, 0.6) is 0 Å². The predicted octanol–water partition coefficient (Wildman–Crippen LogP) is 19.9. The third-order valence-electron chi connectivity index (χ3n) is 20.1. The summed E-state index contributed by atoms with van der Waals surface area (Å²) < 4.78 is 5.34. The van der Waals surface area contributed by atoms with Crippen LogP contribution in [0.4, 0.5) is 0 Å². The van der Waals surface area contributed by atoms with Gasteiger partial charge in [-0.1, -0.05) is 224 Å². The van der Waals surface area contributed by atoms with Crippen LogP contribution in [0.15, 0.2) is 273 Å². The quantitative estimate of drug-likeness (QED) is 0.121. The van der Waals surface area contributed by atoms with E-state index in [2.05, 4.69) is 282 Å². The third kappa shape index (κ3) is 5.57. The largest absolute Gasteiger partial charge is 0.310 e. The van der Waals surface area contributed by atoms with Crippen LogP contribution in [-0.2, 0) is 0 Å². The lowest BCUT2D eigenvalue weighted by atomic mass is 9.34. The number of nitrogens with zero attached hydrogens (tertiary/aromatic N) is 2. The molecule has 2 aromatic heterocycles. The molecule has 4 heterocycles. The molecule has 0 aliphatic carbocycles. The van der Waals surface area contributed by atoms with Crippen molar-refractivity contribution in [3.05, 3.63) is 273 Å². The first kappa shape index (κ1) is 44.6. The first-order valence-electron chi connectivity index (χ1n) is 29.9. The maximum atomic E-state index is 2.67. The van der Waals surface area contributed by atoms with E-state index in [-0.39, 0.29) is 6.71 Å². The van der Waals surface area contributed by atoms with Crippen molar-refractivity contribution in [3.63, 3.8) is 0 Å². The first-order chi connectivity index (χ1) is 42.2. The van der Waals surface area contributed by atoms with Gasteiger partial charge in [0.05, 0.1) is 11.0 Å². The summed E-state index contributed by atoms with van der Waals surface area (Å²) >= 11 is 0. The van der Waals surface area contributed by atoms with Crippen LogP contribution >= 0.6 is 0 Å². The number of rotatable bonds is 2. The van der Waals surface area contributed by atoms with E-state index in [0.717, 1.165) is 0 Å². The van der Waals surface area contributed by atoms with Gasteiger partial charge < -0.3 is 9.13 Å². The number of fused-ring (bicyclic) bond motifs is 30. The minimum atomic E-state index is -0.129. The second-order valence-electron chi connectivity index (χ2n) is 24.1. The normalized spacial score (nSPS) is 12.9. The van der Waals surface area contributed by atoms with Crippen molar-refractivity contribution >= 4 is 174 Å². The second kappa shape index (κ2) is 16.0. The van der Waals surface area contributed by atoms with E-state index < -0.39 is 0 Å². The predicted molar refractivity (Wildman–Crippen MR) is 366 cm³/mol. The summed E-state index contributed by atoms with van der Waals surface area (Å²) in [5.74, 6) is 0. The maximum Gasteiger partial charge on any atom is 0.252 e. The van der Waals surface area contributed by atoms with Crippen molar-refractivity contribution in [1.29, 1.82) is 0 Å². The Kier molecular flexibility index (Phi) is 8.38. The number of hydrogen-bond acceptors (Lipinski definition) is 0. The number of benzene rings is 17. The zero-order valence-corrected chi connectivity index (χ0v) is 46.0. The maximum absolute atomic E-state index is 2.67. The molecule has 0 atom stereocenters. The molecule has 0 bridgehead atoms. The van der Waals surface area contributed by atoms with Crippen LogP contribution in [0.1, 0.15) is 0 Å². The molecular weight excluding hydrogens is 1020 g/mol. The van der Waals surface area contributed by atoms with Gasteiger partial charge in [-0.15, -0.1) is 0 Å². The van der Waals surface area contributed by atoms with Gasteiger partial charge in [0.25, 0.3) is 6.71 Å². The van der Waals surface area contributed by atoms with Gasteiger partial charge >= 0.3 is 0 Å². The average molecular weight is 1070 g/mol. The van der Waals surface area contributed by atoms with Gasteiger partial charge in [-0.05, 0) is 184 Å². The molecule has 0 amide bonds. The van der Waals surface area contributed by atoms with Crippen LogP contribution in [0.25, 0.3) is 185 Å². The Morgan fingerprint density at radius 2 is 0.541 bits per heavy atom. The molecule has 0 fully saturated rings. The van der Waals surface area contributed by atoms with Gasteiger partial charge in [-0.2, -0.15) is 0 Å². The first-order valence-corrected chi connectivity index (χ1v) is 29.9. The molecule has 0 N–H and O–H groups in total. The second-order valence-corrected chi connectivity index (χ2v) is 24.1. The van der Waals surface area contributed by atoms with Crippen LogP contribution in [0, 0.1) is 0 Å². The fraction of sp³-hybridized carbons (Fsp3) is 0. The van der Waals surface area contributed by atoms with Gasteiger partial charge in [0.2, 0.25) is 0 Å². The molecule has 2 nitrogen and oxygen atoms in total. The van der Waals surface area contributed by atoms with Crippen molar-refractivity contribution in [3.8, 4) is 33.6 Å². The van der Waals surface area contributed by atoms with Crippen LogP contribution in [-0.4, -0.2) is 15.8 Å². The van der Waals surface area contributed by atoms with E-state index in [1.54, 1.807) is 0 Å². The molecule has 21 rings (SSSR count). The van der Waals surface area contributed by atoms with E-state index >= 15 is 0 Å². The van der Waals surface area contributed by atoms with Gasteiger partial charge in [-0.25, -0.2) is 0 Å². The molecule has 3 heteroatoms. The molecule has 19 aromatic rings. The number of aromatic nitrogens is 2. The molecule has 386 valence electrons. The Bertz CT molecular complexity index is 5900. The van der Waals surface area contributed by atoms with Gasteiger partial charge in [-0.3, -0.25) is 0 Å². The fourth-order valence-electron chi connectivity index (χ4n) is 16.9. The Morgan fingerprint density at radius 3 is 0.941 bits per heavy atom. The smallest absolute Gasteiger partial charge is 0.252 e. The highest BCUT2D eigenvalue weighted by molar-refractivity contribution is 7.00. The molecule has 0 saturated heterocycles. The Morgan fingerprint density at radius 1 is 0.224 bits per heavy atom. The van der Waals surface area contributed by atoms with E-state index in [9.17, 15) is 0 Å². The van der Waals surface area contributed by atoms with E-state index in [1.807, 2.05) is 0 Å². The molecule has 85 heavy (non-hydrogen) atoms. The molecular formula is C82H45BN2. The molecule has 0 spiro atoms. The lowest BCUT2D eigenvalue weighted by molar-refractivity contribution is 1.14. The van der Waals surface area contributed by atoms with Crippen molar-refractivity contribution in [1.82, 2.24) is 9.13 Å². The summed E-state index contributed by atoms with van der Waals surface area (Å²) in [6.45, 7) is -0.129. The summed E-state index contributed by atoms with van der Waals surface area (Å²) in [6.07, 6.45) is 0. The lowest BCUT2D eigenvalue weighted by Gasteiger charge is -2.34. The van der Waals surface area contributed by atoms with Crippen molar-refractivity contribution in [2.24, 2.45) is 0 Å². The fourth-order valence-corrected chi connectivity index (χ4v) is 16.9. The standard InChI is InChI=1S/C82H45BN2/c1-3-20-50-46(18-1)40-66(60-30-11-5-22-52(50)60)48-42-68-78-72(38-36-64-58-28-9-7-24-54(58)56-26-13-15-32-62(56)76(64)78)84-74-34-17-35-75-80(74)83(70(44-48)81(68)84)71-45-49(67-41-47-19-2-4-21-51(47)53-23-6-12-31-61(53)67)43-69-79-73(85(75)82(69)71)39-37-65-59-29-10-8-25-55(59)57-27-14-16-33-63(57)77(65)79/h1-45H. The Hall–Kier alpha value is -11.0. The molecule has 2 aliphatic rings. The highest BCUT2D eigenvalue weighted by atomic mass is 15.0. The van der Waals surface area contributed by atoms with Crippen molar-refractivity contribution in [2.75, 3.05) is 0 Å². The van der Waals surface area contributed by atoms with Crippen molar-refractivity contribution < 1.29 is 0 Å². The molecule has 0 radical (unpaired) electrons. The molecule has 17 aromatic carbocycles. The van der Waals surface area contributed by atoms with E-state index in [1.165, 1.54) is 201 Å². The average Bonchev–Trinajstić information content (AvgIpc) is 1.65. The Labute approximate surface area is 487 Å². The molecule has 0 unspecified atom stereocenters. The Balaban J connectivity index is 0.987. The SMILES string of the molecule is c1cc2c3c(c1)-n1c4ccc5c6ccccc6c6ccccc6c5c4c4cc(-c5cc6ccccc6c6ccccc56)cc(c41)B3c1cc(-c3cc4ccccc4c4ccccc34)cc3c4c5c6ccccc6c6ccccc6c5ccc4n-2c13. The van der Waals surface area contributed by atoms with Gasteiger partial charge in [0, 0.05) is 54.7 Å². The van der Waals surface area contributed by atoms with E-state index in [0.29, 0.717) is 0 Å². The summed E-state index contributed by atoms with van der Waals surface area (Å²) in [6, 6.07) is 105. The zero-order chi connectivity index (χ0) is 54.9. The highest BCUT2D eigenvalue weighted by Crippen LogP contribution is 2.50. The van der Waals surface area contributed by atoms with Crippen LogP contribution < -0.4 is 16.4 Å². The summed E-state index contributed by atoms with van der Waals surface area (Å²) in [5.41, 5.74) is 16.5. The van der Waals surface area contributed by atoms with Crippen LogP contribution in [0.3, 0.4) is 0 Å². The topological polar surface area (TPSA) is 9.86 Å². The molecule has 2 aliphatic heterocycles. The highest BCUT2D eigenvalue weighted by Gasteiger charge is 2.42. The van der Waals surface area contributed by atoms with Gasteiger partial charge in [0.15, 0.2) is 0 Å². The van der Waals surface area contributed by atoms with Crippen LogP contribution in [0.2, 0.25) is 0 Å². The monoisotopic (exact) mass is 1070 g/mol. The summed E-state index contributed by atoms with van der Waals surface area (Å²) in [4.78, 5) is 0. The van der Waals surface area contributed by atoms with E-state index in [4.69, 9.17) is 0 Å². The minimum Gasteiger partial charge on any atom is -0.310 e. The lowest BCUT2D eigenvalue weighted by Crippen LogP contribution is -2.59. The third-order valence-corrected chi connectivity index (χ3v) is 20.1. The molecule has 0 saturated carbocycles. The summed E-state index contributed by atoms with van der Waals surface area (Å²) in [5, 5.41) is 30.7. The number of hydrogen-bond donors (Lipinski definition) is 0. The minimum absolute atomic E-state index is 0.129.